The fourth-order valence-corrected chi connectivity index (χ4v) is 3.77. The number of hydrogen-bond donors (Lipinski definition) is 0. The van der Waals surface area contributed by atoms with Gasteiger partial charge in [0.05, 0.1) is 0 Å². The summed E-state index contributed by atoms with van der Waals surface area (Å²) in [6.07, 6.45) is 7.26. The minimum absolute atomic E-state index is 0.931. The van der Waals surface area contributed by atoms with Crippen LogP contribution in [0.2, 0.25) is 0 Å². The minimum atomic E-state index is 0.931. The molecule has 0 aromatic carbocycles. The maximum atomic E-state index is 2.74. The van der Waals surface area contributed by atoms with Crippen molar-refractivity contribution in [3.63, 3.8) is 0 Å². The number of piperidine rings is 1. The highest BCUT2D eigenvalue weighted by atomic mass is 15.1. The van der Waals surface area contributed by atoms with Gasteiger partial charge in [-0.3, -0.25) is 0 Å². The molecule has 1 nitrogen and oxygen atoms in total. The van der Waals surface area contributed by atoms with E-state index in [2.05, 4.69) is 25.7 Å². The van der Waals surface area contributed by atoms with E-state index in [1.54, 1.807) is 0 Å². The van der Waals surface area contributed by atoms with Crippen LogP contribution in [0.15, 0.2) is 0 Å². The number of likely N-dealkylation sites (tertiary alicyclic amines) is 1. The Morgan fingerprint density at radius 3 is 2.38 bits per heavy atom. The Kier molecular flexibility index (Phi) is 4.29. The molecule has 2 atom stereocenters. The molecule has 1 aliphatic carbocycles. The smallest absolute Gasteiger partial charge is 0.000998 e. The van der Waals surface area contributed by atoms with E-state index in [4.69, 9.17) is 0 Å². The van der Waals surface area contributed by atoms with Crippen molar-refractivity contribution >= 4 is 0 Å². The molecule has 2 fully saturated rings. The minimum Gasteiger partial charge on any atom is -0.303 e. The van der Waals surface area contributed by atoms with Crippen LogP contribution in [0.25, 0.3) is 0 Å². The van der Waals surface area contributed by atoms with E-state index in [9.17, 15) is 0 Å². The van der Waals surface area contributed by atoms with Crippen LogP contribution in [-0.2, 0) is 0 Å². The van der Waals surface area contributed by atoms with Crippen molar-refractivity contribution in [3.05, 3.63) is 0 Å². The van der Waals surface area contributed by atoms with Gasteiger partial charge in [-0.2, -0.15) is 0 Å². The number of nitrogens with zero attached hydrogens (tertiary/aromatic N) is 1. The molecule has 0 amide bonds. The normalized spacial score (nSPS) is 40.7. The van der Waals surface area contributed by atoms with Crippen LogP contribution in [0.4, 0.5) is 0 Å². The molecule has 1 saturated heterocycles. The quantitative estimate of drug-likeness (QED) is 0.701. The Morgan fingerprint density at radius 2 is 1.81 bits per heavy atom. The molecule has 2 rings (SSSR count). The van der Waals surface area contributed by atoms with Crippen molar-refractivity contribution in [2.45, 2.75) is 52.9 Å². The highest BCUT2D eigenvalue weighted by Gasteiger charge is 2.31. The fraction of sp³-hybridized carbons (Fsp3) is 1.00. The summed E-state index contributed by atoms with van der Waals surface area (Å²) in [4.78, 5) is 2.74. The lowest BCUT2D eigenvalue weighted by Crippen LogP contribution is -2.43. The molecule has 94 valence electrons. The van der Waals surface area contributed by atoms with Crippen molar-refractivity contribution in [2.24, 2.45) is 23.7 Å². The summed E-state index contributed by atoms with van der Waals surface area (Å²) in [5, 5.41) is 0. The van der Waals surface area contributed by atoms with E-state index in [1.165, 1.54) is 51.7 Å². The van der Waals surface area contributed by atoms with E-state index in [1.807, 2.05) is 0 Å². The molecule has 1 heteroatoms. The maximum Gasteiger partial charge on any atom is 0.000998 e. The van der Waals surface area contributed by atoms with Crippen molar-refractivity contribution < 1.29 is 0 Å². The van der Waals surface area contributed by atoms with Gasteiger partial charge in [0, 0.05) is 13.1 Å². The Morgan fingerprint density at radius 1 is 1.06 bits per heavy atom. The molecule has 0 N–H and O–H groups in total. The van der Waals surface area contributed by atoms with E-state index in [-0.39, 0.29) is 0 Å². The van der Waals surface area contributed by atoms with Crippen LogP contribution in [0, 0.1) is 23.7 Å². The van der Waals surface area contributed by atoms with Gasteiger partial charge < -0.3 is 4.90 Å². The van der Waals surface area contributed by atoms with Gasteiger partial charge in [0.25, 0.3) is 0 Å². The van der Waals surface area contributed by atoms with Crippen molar-refractivity contribution in [2.75, 3.05) is 19.6 Å². The Bertz CT molecular complexity index is 207. The Labute approximate surface area is 102 Å². The van der Waals surface area contributed by atoms with Crippen molar-refractivity contribution in [1.29, 1.82) is 0 Å². The summed E-state index contributed by atoms with van der Waals surface area (Å²) < 4.78 is 0. The van der Waals surface area contributed by atoms with Gasteiger partial charge in [-0.05, 0) is 49.5 Å². The molecule has 1 aliphatic heterocycles. The fourth-order valence-electron chi connectivity index (χ4n) is 3.77. The van der Waals surface area contributed by atoms with Gasteiger partial charge in [-0.15, -0.1) is 0 Å². The number of rotatable bonds is 4. The molecular formula is C15H29N. The SMILES string of the molecule is CCC1CC(CN2CCC(CC)C(C)C2)C1. The van der Waals surface area contributed by atoms with E-state index >= 15 is 0 Å². The summed E-state index contributed by atoms with van der Waals surface area (Å²) in [5.74, 6) is 4.03. The molecule has 0 radical (unpaired) electrons. The monoisotopic (exact) mass is 223 g/mol. The first-order valence-corrected chi connectivity index (χ1v) is 7.45. The van der Waals surface area contributed by atoms with Gasteiger partial charge in [-0.1, -0.05) is 33.6 Å². The molecule has 0 aromatic heterocycles. The largest absolute Gasteiger partial charge is 0.303 e. The highest BCUT2D eigenvalue weighted by molar-refractivity contribution is 4.84. The van der Waals surface area contributed by atoms with Crippen LogP contribution in [-0.4, -0.2) is 24.5 Å². The molecule has 2 unspecified atom stereocenters. The topological polar surface area (TPSA) is 3.24 Å². The predicted molar refractivity (Wildman–Crippen MR) is 70.5 cm³/mol. The van der Waals surface area contributed by atoms with Gasteiger partial charge >= 0.3 is 0 Å². The van der Waals surface area contributed by atoms with Crippen LogP contribution < -0.4 is 0 Å². The van der Waals surface area contributed by atoms with Crippen LogP contribution in [0.1, 0.15) is 52.9 Å². The third-order valence-corrected chi connectivity index (χ3v) is 5.12. The van der Waals surface area contributed by atoms with E-state index in [0.29, 0.717) is 0 Å². The zero-order valence-electron chi connectivity index (χ0n) is 11.4. The van der Waals surface area contributed by atoms with Crippen LogP contribution in [0.5, 0.6) is 0 Å². The summed E-state index contributed by atoms with van der Waals surface area (Å²) in [6.45, 7) is 11.3. The second-order valence-corrected chi connectivity index (χ2v) is 6.31. The van der Waals surface area contributed by atoms with Crippen molar-refractivity contribution in [3.8, 4) is 0 Å². The van der Waals surface area contributed by atoms with E-state index in [0.717, 1.165) is 23.7 Å². The lowest BCUT2D eigenvalue weighted by Gasteiger charge is -2.42. The predicted octanol–water partition coefficient (Wildman–Crippen LogP) is 3.79. The molecule has 1 heterocycles. The van der Waals surface area contributed by atoms with Crippen molar-refractivity contribution in [1.82, 2.24) is 4.90 Å². The third kappa shape index (κ3) is 2.80. The first-order valence-electron chi connectivity index (χ1n) is 7.45. The Hall–Kier alpha value is -0.0400. The molecule has 1 saturated carbocycles. The van der Waals surface area contributed by atoms with Crippen LogP contribution in [0.3, 0.4) is 0 Å². The molecule has 16 heavy (non-hydrogen) atoms. The average molecular weight is 223 g/mol. The first-order chi connectivity index (χ1) is 7.72. The lowest BCUT2D eigenvalue weighted by molar-refractivity contribution is 0.0708. The second-order valence-electron chi connectivity index (χ2n) is 6.31. The first kappa shape index (κ1) is 12.4. The van der Waals surface area contributed by atoms with Gasteiger partial charge in [-0.25, -0.2) is 0 Å². The molecular weight excluding hydrogens is 194 g/mol. The number of hydrogen-bond acceptors (Lipinski definition) is 1. The Balaban J connectivity index is 1.68. The maximum absolute atomic E-state index is 2.74. The van der Waals surface area contributed by atoms with Gasteiger partial charge in [0.2, 0.25) is 0 Å². The molecule has 2 aliphatic rings. The summed E-state index contributed by atoms with van der Waals surface area (Å²) in [6, 6.07) is 0. The molecule has 0 bridgehead atoms. The average Bonchev–Trinajstić information content (AvgIpc) is 2.23. The highest BCUT2D eigenvalue weighted by Crippen LogP contribution is 2.37. The van der Waals surface area contributed by atoms with Gasteiger partial charge in [0.15, 0.2) is 0 Å². The lowest BCUT2D eigenvalue weighted by atomic mass is 9.73. The summed E-state index contributed by atoms with van der Waals surface area (Å²) in [7, 11) is 0. The third-order valence-electron chi connectivity index (χ3n) is 5.12. The molecule has 0 spiro atoms. The second kappa shape index (κ2) is 5.53. The summed E-state index contributed by atoms with van der Waals surface area (Å²) in [5.41, 5.74) is 0. The van der Waals surface area contributed by atoms with Crippen LogP contribution >= 0.6 is 0 Å². The molecule has 0 aromatic rings. The zero-order valence-corrected chi connectivity index (χ0v) is 11.4. The zero-order chi connectivity index (χ0) is 11.5. The van der Waals surface area contributed by atoms with Gasteiger partial charge in [0.1, 0.15) is 0 Å². The standard InChI is InChI=1S/C15H29N/c1-4-13-8-14(9-13)11-16-7-6-15(5-2)12(3)10-16/h12-15H,4-11H2,1-3H3. The summed E-state index contributed by atoms with van der Waals surface area (Å²) >= 11 is 0. The van der Waals surface area contributed by atoms with E-state index < -0.39 is 0 Å².